The Hall–Kier alpha value is -7.15. The molecule has 4 heterocycles. The summed E-state index contributed by atoms with van der Waals surface area (Å²) in [5.41, 5.74) is 10.9. The first-order valence-electron chi connectivity index (χ1n) is 19.3. The number of aromatic nitrogens is 2. The molecule has 0 fully saturated rings. The fourth-order valence-corrected chi connectivity index (χ4v) is 9.14. The molecule has 0 radical (unpaired) electrons. The monoisotopic (exact) mass is 721 g/mol. The maximum absolute atomic E-state index is 6.51. The number of benzene rings is 7. The largest absolute Gasteiger partial charge is 0.456 e. The van der Waals surface area contributed by atoms with Crippen LogP contribution in [0, 0.1) is 0 Å². The van der Waals surface area contributed by atoms with Crippen LogP contribution >= 0.6 is 0 Å². The molecule has 10 aromatic rings. The Morgan fingerprint density at radius 2 is 1.23 bits per heavy atom. The normalized spacial score (nSPS) is 16.6. The van der Waals surface area contributed by atoms with Gasteiger partial charge in [-0.05, 0) is 66.1 Å². The van der Waals surface area contributed by atoms with Gasteiger partial charge in [0, 0.05) is 49.1 Å². The molecule has 0 bridgehead atoms. The van der Waals surface area contributed by atoms with Crippen molar-refractivity contribution in [2.75, 3.05) is 0 Å². The van der Waals surface area contributed by atoms with Crippen molar-refractivity contribution in [3.8, 4) is 11.4 Å². The Bertz CT molecular complexity index is 3320. The van der Waals surface area contributed by atoms with Crippen LogP contribution < -0.4 is 21.2 Å². The average Bonchev–Trinajstić information content (AvgIpc) is 4.04. The van der Waals surface area contributed by atoms with E-state index in [2.05, 4.69) is 184 Å². The van der Waals surface area contributed by atoms with Crippen molar-refractivity contribution >= 4 is 72.6 Å². The Morgan fingerprint density at radius 1 is 0.536 bits per heavy atom. The predicted molar refractivity (Wildman–Crippen MR) is 229 cm³/mol. The molecule has 2 atom stereocenters. The van der Waals surface area contributed by atoms with Crippen LogP contribution in [0.15, 0.2) is 173 Å². The van der Waals surface area contributed by atoms with Gasteiger partial charge in [0.1, 0.15) is 29.3 Å². The van der Waals surface area contributed by atoms with Gasteiger partial charge in [-0.1, -0.05) is 127 Å². The molecule has 0 spiro atoms. The molecule has 1 aliphatic carbocycles. The number of nitrogens with one attached hydrogen (secondary N) is 2. The highest BCUT2D eigenvalue weighted by Gasteiger charge is 2.27. The number of fused-ring (bicyclic) bond motifs is 11. The van der Waals surface area contributed by atoms with Gasteiger partial charge in [-0.3, -0.25) is 5.32 Å². The lowest BCUT2D eigenvalue weighted by atomic mass is 10.0. The van der Waals surface area contributed by atoms with Gasteiger partial charge in [0.25, 0.3) is 0 Å². The molecule has 2 N–H and O–H groups in total. The van der Waals surface area contributed by atoms with Crippen LogP contribution in [0.4, 0.5) is 0 Å². The van der Waals surface area contributed by atoms with Crippen LogP contribution in [0.5, 0.6) is 0 Å². The van der Waals surface area contributed by atoms with Crippen molar-refractivity contribution in [1.82, 2.24) is 19.8 Å². The van der Waals surface area contributed by atoms with E-state index in [0.29, 0.717) is 0 Å². The second-order valence-corrected chi connectivity index (χ2v) is 14.7. The molecule has 0 saturated carbocycles. The second kappa shape index (κ2) is 12.2. The first-order valence-corrected chi connectivity index (χ1v) is 19.3. The zero-order chi connectivity index (χ0) is 36.7. The van der Waals surface area contributed by atoms with E-state index in [0.717, 1.165) is 67.8 Å². The van der Waals surface area contributed by atoms with Crippen LogP contribution in [-0.2, 0) is 0 Å². The lowest BCUT2D eigenvalue weighted by molar-refractivity contribution is 0.409. The summed E-state index contributed by atoms with van der Waals surface area (Å²) in [7, 11) is 0. The molecule has 2 aliphatic rings. The lowest BCUT2D eigenvalue weighted by Crippen LogP contribution is -2.44. The van der Waals surface area contributed by atoms with Crippen molar-refractivity contribution < 1.29 is 4.42 Å². The van der Waals surface area contributed by atoms with Gasteiger partial charge < -0.3 is 18.9 Å². The summed E-state index contributed by atoms with van der Waals surface area (Å²) < 4.78 is 11.4. The first-order chi connectivity index (χ1) is 27.8. The molecule has 56 heavy (non-hydrogen) atoms. The van der Waals surface area contributed by atoms with Gasteiger partial charge in [-0.2, -0.15) is 0 Å². The SMILES string of the molecule is C1=c2c(n(-c3ccc(C4N=C(c5ccccc5)NC(c5ccccc5)N4)cc3)c3c2ccc2c3c3c4c(ccc3n2-c2ccccc2)oc2ccccc24)=CC1. The number of rotatable bonds is 5. The van der Waals surface area contributed by atoms with Crippen molar-refractivity contribution in [1.29, 1.82) is 0 Å². The Labute approximate surface area is 321 Å². The summed E-state index contributed by atoms with van der Waals surface area (Å²) in [5, 5.41) is 15.9. The Morgan fingerprint density at radius 3 is 2.05 bits per heavy atom. The van der Waals surface area contributed by atoms with Crippen LogP contribution in [0.3, 0.4) is 0 Å². The molecule has 6 heteroatoms. The van der Waals surface area contributed by atoms with Gasteiger partial charge in [-0.25, -0.2) is 4.99 Å². The van der Waals surface area contributed by atoms with E-state index < -0.39 is 0 Å². The zero-order valence-electron chi connectivity index (χ0n) is 30.4. The molecular weight excluding hydrogens is 687 g/mol. The number of nitrogens with zero attached hydrogens (tertiary/aromatic N) is 3. The molecule has 0 saturated heterocycles. The highest BCUT2D eigenvalue weighted by molar-refractivity contribution is 6.32. The maximum Gasteiger partial charge on any atom is 0.136 e. The molecular formula is C50H35N5O. The third kappa shape index (κ3) is 4.63. The van der Waals surface area contributed by atoms with Crippen molar-refractivity contribution in [3.63, 3.8) is 0 Å². The van der Waals surface area contributed by atoms with E-state index >= 15 is 0 Å². The quantitative estimate of drug-likeness (QED) is 0.186. The number of hydrogen-bond donors (Lipinski definition) is 2. The highest BCUT2D eigenvalue weighted by atomic mass is 16.3. The van der Waals surface area contributed by atoms with Crippen LogP contribution in [0.2, 0.25) is 0 Å². The number of furan rings is 1. The topological polar surface area (TPSA) is 59.4 Å². The van der Waals surface area contributed by atoms with Gasteiger partial charge in [0.2, 0.25) is 0 Å². The molecule has 2 unspecified atom stereocenters. The fourth-order valence-electron chi connectivity index (χ4n) is 9.14. The maximum atomic E-state index is 6.51. The minimum Gasteiger partial charge on any atom is -0.456 e. The predicted octanol–water partition coefficient (Wildman–Crippen LogP) is 9.93. The van der Waals surface area contributed by atoms with E-state index in [1.54, 1.807) is 0 Å². The molecule has 0 amide bonds. The number of hydrogen-bond acceptors (Lipinski definition) is 4. The summed E-state index contributed by atoms with van der Waals surface area (Å²) in [5.74, 6) is 0.877. The van der Waals surface area contributed by atoms with Gasteiger partial charge in [0.05, 0.1) is 21.9 Å². The van der Waals surface area contributed by atoms with Crippen LogP contribution in [0.25, 0.3) is 78.2 Å². The van der Waals surface area contributed by atoms with Gasteiger partial charge in [0.15, 0.2) is 0 Å². The summed E-state index contributed by atoms with van der Waals surface area (Å²) in [4.78, 5) is 5.22. The summed E-state index contributed by atoms with van der Waals surface area (Å²) in [6.45, 7) is 0. The Balaban J connectivity index is 1.09. The number of amidine groups is 1. The van der Waals surface area contributed by atoms with E-state index in [1.807, 2.05) is 12.1 Å². The van der Waals surface area contributed by atoms with Crippen LogP contribution in [0.1, 0.15) is 35.4 Å². The second-order valence-electron chi connectivity index (χ2n) is 14.7. The summed E-state index contributed by atoms with van der Waals surface area (Å²) in [6, 6.07) is 58.0. The minimum atomic E-state index is -0.240. The third-order valence-electron chi connectivity index (χ3n) is 11.6. The molecule has 3 aromatic heterocycles. The minimum absolute atomic E-state index is 0.0959. The average molecular weight is 722 g/mol. The molecule has 266 valence electrons. The standard InChI is InChI=1S/C50H35N5O/c1-4-13-31(14-5-1)48-51-49(32-15-6-2-7-16-32)53-50(52-48)33-23-25-35(26-24-33)55-39-21-12-20-36(39)37-27-28-41-46(47(37)55)45-40(54(41)34-17-8-3-9-18-34)29-30-43-44(45)38-19-10-11-22-42(38)56-43/h1-11,13-30,48,50,52H,12H2,(H,51,53). The fraction of sp³-hybridized carbons (Fsp3) is 0.0600. The number of para-hydroxylation sites is 2. The van der Waals surface area contributed by atoms with Crippen molar-refractivity contribution in [2.45, 2.75) is 18.8 Å². The van der Waals surface area contributed by atoms with Crippen molar-refractivity contribution in [3.05, 3.63) is 191 Å². The molecule has 7 aromatic carbocycles. The smallest absolute Gasteiger partial charge is 0.136 e. The van der Waals surface area contributed by atoms with E-state index in [1.165, 1.54) is 37.8 Å². The van der Waals surface area contributed by atoms with E-state index in [9.17, 15) is 0 Å². The number of aliphatic imine (C=N–C) groups is 1. The molecule has 12 rings (SSSR count). The van der Waals surface area contributed by atoms with Crippen molar-refractivity contribution in [2.24, 2.45) is 4.99 Å². The van der Waals surface area contributed by atoms with E-state index in [-0.39, 0.29) is 12.3 Å². The van der Waals surface area contributed by atoms with Gasteiger partial charge >= 0.3 is 0 Å². The third-order valence-corrected chi connectivity index (χ3v) is 11.6. The summed E-state index contributed by atoms with van der Waals surface area (Å²) in [6.07, 6.45) is 5.31. The zero-order valence-corrected chi connectivity index (χ0v) is 30.4. The van der Waals surface area contributed by atoms with Gasteiger partial charge in [-0.15, -0.1) is 0 Å². The first kappa shape index (κ1) is 31.2. The summed E-state index contributed by atoms with van der Waals surface area (Å²) >= 11 is 0. The molecule has 1 aliphatic heterocycles. The Kier molecular flexibility index (Phi) is 6.79. The molecule has 6 nitrogen and oxygen atoms in total. The van der Waals surface area contributed by atoms with E-state index in [4.69, 9.17) is 9.41 Å². The van der Waals surface area contributed by atoms with Crippen LogP contribution in [-0.4, -0.2) is 15.0 Å². The lowest BCUT2D eigenvalue weighted by Gasteiger charge is -2.32. The highest BCUT2D eigenvalue weighted by Crippen LogP contribution is 2.43.